The van der Waals surface area contributed by atoms with Gasteiger partial charge in [0.05, 0.1) is 0 Å². The zero-order valence-electron chi connectivity index (χ0n) is 54.0. The molecule has 1 aliphatic heterocycles. The van der Waals surface area contributed by atoms with Gasteiger partial charge in [-0.2, -0.15) is 0 Å². The molecule has 0 N–H and O–H groups in total. The predicted molar refractivity (Wildman–Crippen MR) is 341 cm³/mol. The molecule has 1 rings (SSSR count). The Labute approximate surface area is 435 Å². The molecule has 0 bridgehead atoms. The van der Waals surface area contributed by atoms with Crippen LogP contribution in [0.25, 0.3) is 0 Å². The summed E-state index contributed by atoms with van der Waals surface area (Å²) in [6.07, 6.45) is 0. The van der Waals surface area contributed by atoms with Crippen LogP contribution < -0.4 is 0 Å². The van der Waals surface area contributed by atoms with Crippen LogP contribution in [0, 0.1) is 0 Å². The standard InChI is InChI=1S/C54H126Si12/c1-43(2,3)61(37,44(4,5)6)55-56(62(38,45(7,8)9)46(10,11)12)58(64(40,49(19,20)21)50(22,23)24)60(66(42,53(31,32)33)54(34,35)36)59(65(41,51(25,26)27)52(28,29)30)57(55)63(39,47(13,14)15)48(16,17)18/h1-42H3. The maximum absolute atomic E-state index is 3.23. The fraction of sp³-hybridized carbons (Fsp3) is 1.00. The molecule has 0 aliphatic carbocycles. The van der Waals surface area contributed by atoms with E-state index >= 15 is 0 Å². The summed E-state index contributed by atoms with van der Waals surface area (Å²) in [6.45, 7) is 123. The summed E-state index contributed by atoms with van der Waals surface area (Å²) in [5.74, 6) is 0. The minimum absolute atomic E-state index is 0.337. The Balaban J connectivity index is 6.46. The minimum Gasteiger partial charge on any atom is -0.0710 e. The summed E-state index contributed by atoms with van der Waals surface area (Å²) >= 11 is 0. The molecule has 0 unspecified atom stereocenters. The Morgan fingerprint density at radius 2 is 0.182 bits per heavy atom. The van der Waals surface area contributed by atoms with E-state index in [1.54, 1.807) is 0 Å². The van der Waals surface area contributed by atoms with Crippen molar-refractivity contribution in [3.63, 3.8) is 0 Å². The van der Waals surface area contributed by atoms with E-state index in [0.717, 1.165) is 0 Å². The van der Waals surface area contributed by atoms with Gasteiger partial charge >= 0.3 is 0 Å². The van der Waals surface area contributed by atoms with Crippen molar-refractivity contribution in [1.82, 2.24) is 0 Å². The Bertz CT molecular complexity index is 1260. The highest BCUT2D eigenvalue weighted by atomic mass is 30.5. The topological polar surface area (TPSA) is 0 Å². The van der Waals surface area contributed by atoms with E-state index in [-0.39, 0.29) is 0 Å². The largest absolute Gasteiger partial charge is 0.0710 e. The second-order valence-electron chi connectivity index (χ2n) is 36.0. The van der Waals surface area contributed by atoms with E-state index in [9.17, 15) is 0 Å². The Morgan fingerprint density at radius 3 is 0.212 bits per heavy atom. The highest BCUT2D eigenvalue weighted by molar-refractivity contribution is 8.28. The van der Waals surface area contributed by atoms with Crippen LogP contribution in [-0.2, 0) is 0 Å². The van der Waals surface area contributed by atoms with Crippen LogP contribution in [-0.4, -0.2) is 89.6 Å². The highest BCUT2D eigenvalue weighted by Crippen LogP contribution is 2.69. The van der Waals surface area contributed by atoms with Gasteiger partial charge in [0.15, 0.2) is 0 Å². The van der Waals surface area contributed by atoms with Crippen molar-refractivity contribution in [2.75, 3.05) is 0 Å². The molecule has 0 aromatic rings. The zero-order chi connectivity index (χ0) is 54.5. The predicted octanol–water partition coefficient (Wildman–Crippen LogP) is 20.0. The third-order valence-corrected chi connectivity index (χ3v) is 284. The molecular formula is C54H126Si12. The van der Waals surface area contributed by atoms with Gasteiger partial charge in [-0.05, 0) is 60.5 Å². The van der Waals surface area contributed by atoms with Crippen molar-refractivity contribution in [3.8, 4) is 0 Å². The van der Waals surface area contributed by atoms with Crippen LogP contribution in [0.5, 0.6) is 0 Å². The van der Waals surface area contributed by atoms with Crippen LogP contribution in [0.4, 0.5) is 0 Å². The summed E-state index contributed by atoms with van der Waals surface area (Å²) in [5.41, 5.74) is 0. The Kier molecular flexibility index (Phi) is 18.3. The molecule has 0 saturated carbocycles. The van der Waals surface area contributed by atoms with Crippen LogP contribution in [0.3, 0.4) is 0 Å². The van der Waals surface area contributed by atoms with Gasteiger partial charge in [-0.25, -0.2) is 0 Å². The molecule has 1 fully saturated rings. The SMILES string of the molecule is CC(C)(C)[Si](C)([Si]1[Si]([Si](C)(C(C)(C)C)C(C)(C)C)[Si]([Si](C)(C(C)(C)C)C(C)(C)C)[Si]([Si](C)(C(C)(C)C)C(C)(C)C)[Si]([Si](C)(C(C)(C)C)C(C)(C)C)[Si]1[Si](C)(C(C)(C)C)C(C)(C)C)C(C)(C)C. The van der Waals surface area contributed by atoms with Gasteiger partial charge in [-0.1, -0.05) is 289 Å². The van der Waals surface area contributed by atoms with E-state index < -0.39 is 89.6 Å². The van der Waals surface area contributed by atoms with Crippen molar-refractivity contribution in [2.24, 2.45) is 0 Å². The fourth-order valence-corrected chi connectivity index (χ4v) is 567. The van der Waals surface area contributed by atoms with E-state index in [2.05, 4.69) is 289 Å². The third-order valence-electron chi connectivity index (χ3n) is 22.5. The normalized spacial score (nSPS) is 19.9. The molecule has 0 atom stereocenters. The van der Waals surface area contributed by atoms with E-state index in [0.29, 0.717) is 60.5 Å². The molecule has 0 aromatic heterocycles. The first-order valence-corrected chi connectivity index (χ1v) is 63.0. The van der Waals surface area contributed by atoms with Crippen LogP contribution >= 0.6 is 0 Å². The molecule has 1 heterocycles. The number of hydrogen-bond acceptors (Lipinski definition) is 0. The summed E-state index contributed by atoms with van der Waals surface area (Å²) in [5, 5.41) is 4.04. The van der Waals surface area contributed by atoms with Gasteiger partial charge in [0.2, 0.25) is 0 Å². The Morgan fingerprint density at radius 1 is 0.136 bits per heavy atom. The second kappa shape index (κ2) is 18.1. The quantitative estimate of drug-likeness (QED) is 0.233. The van der Waals surface area contributed by atoms with Gasteiger partial charge < -0.3 is 0 Å². The van der Waals surface area contributed by atoms with Crippen molar-refractivity contribution in [2.45, 2.75) is 349 Å². The summed E-state index contributed by atoms with van der Waals surface area (Å²) in [6, 6.07) is 0. The van der Waals surface area contributed by atoms with Crippen molar-refractivity contribution >= 4 is 89.6 Å². The molecular weight excluding hydrogens is 986 g/mol. The third kappa shape index (κ3) is 9.85. The van der Waals surface area contributed by atoms with Gasteiger partial charge in [0.25, 0.3) is 0 Å². The molecule has 0 spiro atoms. The van der Waals surface area contributed by atoms with Crippen LogP contribution in [0.15, 0.2) is 0 Å². The molecule has 0 nitrogen and oxygen atoms in total. The smallest absolute Gasteiger partial charge is 0.0456 e. The molecule has 66 heavy (non-hydrogen) atoms. The van der Waals surface area contributed by atoms with Gasteiger partial charge in [-0.3, -0.25) is 0 Å². The first-order valence-electron chi connectivity index (χ1n) is 27.0. The monoisotopic (exact) mass is 1110 g/mol. The minimum atomic E-state index is -2.18. The molecule has 390 valence electrons. The van der Waals surface area contributed by atoms with Crippen molar-refractivity contribution in [3.05, 3.63) is 0 Å². The number of rotatable bonds is 6. The molecule has 1 saturated heterocycles. The molecule has 0 aromatic carbocycles. The molecule has 0 amide bonds. The number of hydrogen-bond donors (Lipinski definition) is 0. The zero-order valence-corrected chi connectivity index (χ0v) is 66.0. The maximum Gasteiger partial charge on any atom is 0.0456 e. The maximum atomic E-state index is 3.23. The van der Waals surface area contributed by atoms with Gasteiger partial charge in [-0.15, -0.1) is 0 Å². The summed E-state index contributed by atoms with van der Waals surface area (Å²) in [7, 11) is -18.7. The summed E-state index contributed by atoms with van der Waals surface area (Å²) < 4.78 is 0. The first kappa shape index (κ1) is 66.6. The molecule has 6 radical (unpaired) electrons. The van der Waals surface area contributed by atoms with Crippen LogP contribution in [0.2, 0.25) is 99.7 Å². The van der Waals surface area contributed by atoms with Gasteiger partial charge in [0, 0.05) is 89.6 Å². The average molecular weight is 1110 g/mol. The van der Waals surface area contributed by atoms with Crippen LogP contribution in [0.1, 0.15) is 249 Å². The van der Waals surface area contributed by atoms with Crippen molar-refractivity contribution < 1.29 is 0 Å². The lowest BCUT2D eigenvalue weighted by Gasteiger charge is -2.79. The first-order chi connectivity index (χ1) is 27.7. The molecule has 1 aliphatic rings. The van der Waals surface area contributed by atoms with E-state index in [4.69, 9.17) is 0 Å². The van der Waals surface area contributed by atoms with E-state index in [1.165, 1.54) is 0 Å². The molecule has 12 heteroatoms. The summed E-state index contributed by atoms with van der Waals surface area (Å²) in [4.78, 5) is 0. The van der Waals surface area contributed by atoms with E-state index in [1.807, 2.05) is 0 Å². The lowest BCUT2D eigenvalue weighted by molar-refractivity contribution is 0.630. The van der Waals surface area contributed by atoms with Gasteiger partial charge in [0.1, 0.15) is 0 Å². The average Bonchev–Trinajstić information content (AvgIpc) is 2.98. The second-order valence-corrected chi connectivity index (χ2v) is 144. The highest BCUT2D eigenvalue weighted by Gasteiger charge is 2.83. The lowest BCUT2D eigenvalue weighted by atomic mass is 10.2. The lowest BCUT2D eigenvalue weighted by Crippen LogP contribution is -3.05. The Hall–Kier alpha value is 2.60. The van der Waals surface area contributed by atoms with Crippen molar-refractivity contribution in [1.29, 1.82) is 0 Å². The fourth-order valence-electron chi connectivity index (χ4n) is 15.0.